The van der Waals surface area contributed by atoms with Crippen LogP contribution in [0.5, 0.6) is 5.75 Å². The Labute approximate surface area is 126 Å². The Bertz CT molecular complexity index is 642. The Hall–Kier alpha value is -1.99. The number of nitrogens with zero attached hydrogens (tertiary/aromatic N) is 2. The van der Waals surface area contributed by atoms with E-state index < -0.39 is 4.92 Å². The number of aromatic nitrogens is 1. The fraction of sp³-hybridized carbons (Fsp3) is 0.357. The van der Waals surface area contributed by atoms with Gasteiger partial charge < -0.3 is 10.1 Å². The maximum absolute atomic E-state index is 11.0. The van der Waals surface area contributed by atoms with E-state index in [1.807, 2.05) is 26.3 Å². The zero-order chi connectivity index (χ0) is 15.4. The Kier molecular flexibility index (Phi) is 4.87. The molecule has 21 heavy (non-hydrogen) atoms. The maximum Gasteiger partial charge on any atom is 0.270 e. The van der Waals surface area contributed by atoms with Crippen LogP contribution in [0.25, 0.3) is 11.3 Å². The number of thiazole rings is 1. The third kappa shape index (κ3) is 3.37. The SMILES string of the molecule is CCOc1ccc([N+](=O)[O-])cc1-c1csc(C(C)NC)n1. The lowest BCUT2D eigenvalue weighted by molar-refractivity contribution is -0.384. The summed E-state index contributed by atoms with van der Waals surface area (Å²) in [4.78, 5) is 15.1. The summed E-state index contributed by atoms with van der Waals surface area (Å²) in [5.74, 6) is 0.608. The lowest BCUT2D eigenvalue weighted by Crippen LogP contribution is -2.11. The summed E-state index contributed by atoms with van der Waals surface area (Å²) >= 11 is 1.52. The van der Waals surface area contributed by atoms with Crippen molar-refractivity contribution in [2.75, 3.05) is 13.7 Å². The van der Waals surface area contributed by atoms with Crippen LogP contribution in [0.15, 0.2) is 23.6 Å². The Morgan fingerprint density at radius 3 is 2.90 bits per heavy atom. The average Bonchev–Trinajstić information content (AvgIpc) is 2.96. The molecular formula is C14H17N3O3S. The molecule has 0 aliphatic heterocycles. The number of hydrogen-bond acceptors (Lipinski definition) is 6. The summed E-state index contributed by atoms with van der Waals surface area (Å²) < 4.78 is 5.55. The molecule has 112 valence electrons. The highest BCUT2D eigenvalue weighted by Crippen LogP contribution is 2.35. The van der Waals surface area contributed by atoms with Gasteiger partial charge in [0, 0.05) is 23.1 Å². The van der Waals surface area contributed by atoms with Crippen molar-refractivity contribution >= 4 is 17.0 Å². The fourth-order valence-corrected chi connectivity index (χ4v) is 2.73. The zero-order valence-corrected chi connectivity index (χ0v) is 12.9. The normalized spacial score (nSPS) is 12.1. The van der Waals surface area contributed by atoms with Gasteiger partial charge in [-0.15, -0.1) is 11.3 Å². The van der Waals surface area contributed by atoms with Crippen LogP contribution in [0.3, 0.4) is 0 Å². The topological polar surface area (TPSA) is 77.3 Å². The van der Waals surface area contributed by atoms with Crippen LogP contribution >= 0.6 is 11.3 Å². The van der Waals surface area contributed by atoms with Crippen LogP contribution < -0.4 is 10.1 Å². The lowest BCUT2D eigenvalue weighted by atomic mass is 10.1. The van der Waals surface area contributed by atoms with Crippen LogP contribution in [0, 0.1) is 10.1 Å². The van der Waals surface area contributed by atoms with Gasteiger partial charge in [0.1, 0.15) is 10.8 Å². The molecule has 2 rings (SSSR count). The fourth-order valence-electron chi connectivity index (χ4n) is 1.85. The largest absolute Gasteiger partial charge is 0.493 e. The quantitative estimate of drug-likeness (QED) is 0.653. The Morgan fingerprint density at radius 1 is 1.52 bits per heavy atom. The van der Waals surface area contributed by atoms with E-state index in [0.717, 1.165) is 5.01 Å². The van der Waals surface area contributed by atoms with Crippen LogP contribution in [0.1, 0.15) is 24.9 Å². The predicted octanol–water partition coefficient (Wildman–Crippen LogP) is 3.40. The summed E-state index contributed by atoms with van der Waals surface area (Å²) in [6.45, 7) is 4.38. The molecule has 1 heterocycles. The first-order valence-corrected chi connectivity index (χ1v) is 7.49. The van der Waals surface area contributed by atoms with E-state index in [4.69, 9.17) is 4.74 Å². The summed E-state index contributed by atoms with van der Waals surface area (Å²) in [7, 11) is 1.87. The lowest BCUT2D eigenvalue weighted by Gasteiger charge is -2.08. The minimum absolute atomic E-state index is 0.0321. The molecule has 0 bridgehead atoms. The molecule has 1 aromatic heterocycles. The van der Waals surface area contributed by atoms with Crippen molar-refractivity contribution in [2.45, 2.75) is 19.9 Å². The van der Waals surface area contributed by atoms with Crippen molar-refractivity contribution in [3.8, 4) is 17.0 Å². The molecule has 1 unspecified atom stereocenters. The molecule has 0 amide bonds. The van der Waals surface area contributed by atoms with Crippen molar-refractivity contribution in [3.63, 3.8) is 0 Å². The second-order valence-electron chi connectivity index (χ2n) is 4.45. The summed E-state index contributed by atoms with van der Waals surface area (Å²) in [6, 6.07) is 4.71. The highest BCUT2D eigenvalue weighted by molar-refractivity contribution is 7.10. The first-order valence-electron chi connectivity index (χ1n) is 6.61. The van der Waals surface area contributed by atoms with Gasteiger partial charge in [0.15, 0.2) is 0 Å². The Balaban J connectivity index is 2.46. The number of rotatable bonds is 6. The molecule has 1 N–H and O–H groups in total. The summed E-state index contributed by atoms with van der Waals surface area (Å²) in [5, 5.41) is 16.9. The minimum atomic E-state index is -0.414. The monoisotopic (exact) mass is 307 g/mol. The van der Waals surface area contributed by atoms with Gasteiger partial charge in [0.2, 0.25) is 0 Å². The van der Waals surface area contributed by atoms with Crippen molar-refractivity contribution < 1.29 is 9.66 Å². The molecule has 6 nitrogen and oxygen atoms in total. The van der Waals surface area contributed by atoms with Gasteiger partial charge in [-0.3, -0.25) is 10.1 Å². The average molecular weight is 307 g/mol. The van der Waals surface area contributed by atoms with E-state index in [1.165, 1.54) is 23.5 Å². The minimum Gasteiger partial charge on any atom is -0.493 e. The molecule has 2 aromatic rings. The number of ether oxygens (including phenoxy) is 1. The van der Waals surface area contributed by atoms with Crippen molar-refractivity contribution in [2.24, 2.45) is 0 Å². The van der Waals surface area contributed by atoms with Gasteiger partial charge in [-0.05, 0) is 27.0 Å². The molecule has 1 aromatic carbocycles. The predicted molar refractivity (Wildman–Crippen MR) is 82.8 cm³/mol. The molecule has 0 saturated heterocycles. The second kappa shape index (κ2) is 6.64. The smallest absolute Gasteiger partial charge is 0.270 e. The van der Waals surface area contributed by atoms with Crippen molar-refractivity contribution in [1.29, 1.82) is 0 Å². The number of nitro groups is 1. The maximum atomic E-state index is 11.0. The van der Waals surface area contributed by atoms with E-state index in [2.05, 4.69) is 10.3 Å². The molecular weight excluding hydrogens is 290 g/mol. The van der Waals surface area contributed by atoms with E-state index in [-0.39, 0.29) is 11.7 Å². The molecule has 0 aliphatic rings. The third-order valence-electron chi connectivity index (χ3n) is 3.08. The van der Waals surface area contributed by atoms with E-state index in [1.54, 1.807) is 6.07 Å². The molecule has 0 aliphatic carbocycles. The number of nitro benzene ring substituents is 1. The van der Waals surface area contributed by atoms with Crippen LogP contribution in [0.2, 0.25) is 0 Å². The van der Waals surface area contributed by atoms with Gasteiger partial charge in [0.05, 0.1) is 23.3 Å². The van der Waals surface area contributed by atoms with Crippen LogP contribution in [0.4, 0.5) is 5.69 Å². The van der Waals surface area contributed by atoms with Crippen LogP contribution in [-0.4, -0.2) is 23.6 Å². The molecule has 7 heteroatoms. The van der Waals surface area contributed by atoms with Crippen molar-refractivity contribution in [1.82, 2.24) is 10.3 Å². The summed E-state index contributed by atoms with van der Waals surface area (Å²) in [5.41, 5.74) is 1.38. The number of hydrogen-bond donors (Lipinski definition) is 1. The molecule has 0 saturated carbocycles. The van der Waals surface area contributed by atoms with Gasteiger partial charge in [0.25, 0.3) is 5.69 Å². The second-order valence-corrected chi connectivity index (χ2v) is 5.34. The van der Waals surface area contributed by atoms with Gasteiger partial charge in [-0.2, -0.15) is 0 Å². The molecule has 0 spiro atoms. The van der Waals surface area contributed by atoms with E-state index >= 15 is 0 Å². The van der Waals surface area contributed by atoms with Crippen molar-refractivity contribution in [3.05, 3.63) is 38.7 Å². The molecule has 1 atom stereocenters. The van der Waals surface area contributed by atoms with Gasteiger partial charge in [-0.1, -0.05) is 0 Å². The van der Waals surface area contributed by atoms with E-state index in [0.29, 0.717) is 23.6 Å². The molecule has 0 fully saturated rings. The van der Waals surface area contributed by atoms with Gasteiger partial charge >= 0.3 is 0 Å². The third-order valence-corrected chi connectivity index (χ3v) is 4.10. The number of nitrogens with one attached hydrogen (secondary N) is 1. The highest BCUT2D eigenvalue weighted by atomic mass is 32.1. The van der Waals surface area contributed by atoms with Gasteiger partial charge in [-0.25, -0.2) is 4.98 Å². The first kappa shape index (κ1) is 15.4. The zero-order valence-electron chi connectivity index (χ0n) is 12.1. The summed E-state index contributed by atoms with van der Waals surface area (Å²) in [6.07, 6.45) is 0. The number of benzene rings is 1. The standard InChI is InChI=1S/C14H17N3O3S/c1-4-20-13-6-5-10(17(18)19)7-11(13)12-8-21-14(16-12)9(2)15-3/h5-9,15H,4H2,1-3H3. The first-order chi connectivity index (χ1) is 10.1. The van der Waals surface area contributed by atoms with Crippen LogP contribution in [-0.2, 0) is 0 Å². The van der Waals surface area contributed by atoms with E-state index in [9.17, 15) is 10.1 Å². The highest BCUT2D eigenvalue weighted by Gasteiger charge is 2.17. The molecule has 0 radical (unpaired) electrons. The number of non-ortho nitro benzene ring substituents is 1. The Morgan fingerprint density at radius 2 is 2.29 bits per heavy atom.